The van der Waals surface area contributed by atoms with Crippen LogP contribution in [-0.4, -0.2) is 53.3 Å². The van der Waals surface area contributed by atoms with E-state index in [1.54, 1.807) is 17.9 Å². The molecule has 1 unspecified atom stereocenters. The molecule has 0 saturated carbocycles. The van der Waals surface area contributed by atoms with Gasteiger partial charge in [-0.2, -0.15) is 13.2 Å². The van der Waals surface area contributed by atoms with E-state index in [1.165, 1.54) is 19.1 Å². The summed E-state index contributed by atoms with van der Waals surface area (Å²) in [6.45, 7) is 3.72. The molecule has 1 aliphatic rings. The number of benzene rings is 1. The van der Waals surface area contributed by atoms with Gasteiger partial charge in [0.2, 0.25) is 5.95 Å². The zero-order chi connectivity index (χ0) is 24.1. The maximum atomic E-state index is 13.6. The Balaban J connectivity index is 1.75. The average Bonchev–Trinajstić information content (AvgIpc) is 3.11. The summed E-state index contributed by atoms with van der Waals surface area (Å²) in [5, 5.41) is 0. The largest absolute Gasteiger partial charge is 0.462 e. The molecule has 13 heteroatoms. The molecule has 0 fully saturated rings. The summed E-state index contributed by atoms with van der Waals surface area (Å²) in [6, 6.07) is 4.09. The fraction of sp³-hybridized carbons (Fsp3) is 0.400. The van der Waals surface area contributed by atoms with Crippen LogP contribution in [0.2, 0.25) is 0 Å². The van der Waals surface area contributed by atoms with E-state index in [-0.39, 0.29) is 24.0 Å². The highest BCUT2D eigenvalue weighted by atomic mass is 32.2. The number of ether oxygens (including phenoxy) is 1. The van der Waals surface area contributed by atoms with E-state index in [0.717, 1.165) is 12.5 Å². The van der Waals surface area contributed by atoms with Crippen LogP contribution in [0.1, 0.15) is 41.8 Å². The number of anilines is 1. The minimum atomic E-state index is -4.88. The number of nitrogens with zero attached hydrogens (tertiary/aromatic N) is 5. The summed E-state index contributed by atoms with van der Waals surface area (Å²) < 4.78 is 71.2. The van der Waals surface area contributed by atoms with Gasteiger partial charge in [-0.3, -0.25) is 0 Å². The van der Waals surface area contributed by atoms with Crippen LogP contribution >= 0.6 is 0 Å². The molecule has 0 bridgehead atoms. The van der Waals surface area contributed by atoms with Gasteiger partial charge in [-0.05, 0) is 32.0 Å². The first kappa shape index (κ1) is 23.0. The lowest BCUT2D eigenvalue weighted by Gasteiger charge is -2.34. The maximum absolute atomic E-state index is 13.6. The van der Waals surface area contributed by atoms with Crippen molar-refractivity contribution in [2.24, 2.45) is 0 Å². The van der Waals surface area contributed by atoms with Crippen molar-refractivity contribution in [1.29, 1.82) is 0 Å². The van der Waals surface area contributed by atoms with E-state index < -0.39 is 39.3 Å². The number of carbonyl (C=O) groups excluding carboxylic acids is 1. The molecule has 0 spiro atoms. The van der Waals surface area contributed by atoms with E-state index in [4.69, 9.17) is 4.74 Å². The molecular weight excluding hydrogens is 463 g/mol. The van der Waals surface area contributed by atoms with E-state index in [2.05, 4.69) is 15.0 Å². The lowest BCUT2D eigenvalue weighted by molar-refractivity contribution is -0.141. The minimum absolute atomic E-state index is 0.0850. The second-order valence-electron chi connectivity index (χ2n) is 7.56. The van der Waals surface area contributed by atoms with Crippen molar-refractivity contribution >= 4 is 32.8 Å². The molecular formula is C20H20F3N5O4S. The number of aromatic nitrogens is 4. The van der Waals surface area contributed by atoms with Gasteiger partial charge >= 0.3 is 12.1 Å². The Hall–Kier alpha value is -3.22. The summed E-state index contributed by atoms with van der Waals surface area (Å²) in [6.07, 6.45) is -2.94. The van der Waals surface area contributed by atoms with Gasteiger partial charge in [0.05, 0.1) is 28.6 Å². The van der Waals surface area contributed by atoms with Crippen molar-refractivity contribution in [1.82, 2.24) is 19.5 Å². The van der Waals surface area contributed by atoms with Gasteiger partial charge in [0.15, 0.2) is 15.5 Å². The molecule has 3 aromatic rings. The fourth-order valence-electron chi connectivity index (χ4n) is 3.80. The van der Waals surface area contributed by atoms with Crippen molar-refractivity contribution in [3.63, 3.8) is 0 Å². The second kappa shape index (κ2) is 7.97. The topological polar surface area (TPSA) is 107 Å². The zero-order valence-corrected chi connectivity index (χ0v) is 18.7. The van der Waals surface area contributed by atoms with Gasteiger partial charge < -0.3 is 14.2 Å². The van der Waals surface area contributed by atoms with Gasteiger partial charge in [-0.1, -0.05) is 0 Å². The molecule has 0 radical (unpaired) electrons. The maximum Gasteiger partial charge on any atom is 0.434 e. The third kappa shape index (κ3) is 4.12. The first-order valence-electron chi connectivity index (χ1n) is 10.00. The molecule has 4 rings (SSSR count). The van der Waals surface area contributed by atoms with Gasteiger partial charge in [-0.25, -0.2) is 28.2 Å². The van der Waals surface area contributed by atoms with Crippen LogP contribution in [0.25, 0.3) is 11.0 Å². The summed E-state index contributed by atoms with van der Waals surface area (Å²) in [7, 11) is -3.42. The highest BCUT2D eigenvalue weighted by Gasteiger charge is 2.40. The van der Waals surface area contributed by atoms with E-state index >= 15 is 0 Å². The number of sulfone groups is 1. The molecule has 9 nitrogen and oxygen atoms in total. The predicted octanol–water partition coefficient (Wildman–Crippen LogP) is 3.01. The Morgan fingerprint density at radius 3 is 2.61 bits per heavy atom. The zero-order valence-electron chi connectivity index (χ0n) is 17.9. The van der Waals surface area contributed by atoms with Crippen molar-refractivity contribution in [2.75, 3.05) is 24.3 Å². The molecule has 0 amide bonds. The highest BCUT2D eigenvalue weighted by Crippen LogP contribution is 2.35. The van der Waals surface area contributed by atoms with Crippen LogP contribution < -0.4 is 4.90 Å². The van der Waals surface area contributed by atoms with Gasteiger partial charge in [-0.15, -0.1) is 0 Å². The van der Waals surface area contributed by atoms with E-state index in [0.29, 0.717) is 23.4 Å². The molecule has 33 heavy (non-hydrogen) atoms. The quantitative estimate of drug-likeness (QED) is 0.522. The normalized spacial score (nSPS) is 16.7. The minimum Gasteiger partial charge on any atom is -0.462 e. The third-order valence-electron chi connectivity index (χ3n) is 5.38. The third-order valence-corrected chi connectivity index (χ3v) is 6.49. The van der Waals surface area contributed by atoms with Crippen molar-refractivity contribution in [3.8, 4) is 0 Å². The van der Waals surface area contributed by atoms with Crippen LogP contribution in [0.15, 0.2) is 29.3 Å². The van der Waals surface area contributed by atoms with Crippen LogP contribution in [-0.2, 0) is 27.3 Å². The number of hydrogen-bond donors (Lipinski definition) is 0. The molecule has 2 aromatic heterocycles. The monoisotopic (exact) mass is 483 g/mol. The summed E-state index contributed by atoms with van der Waals surface area (Å²) in [4.78, 5) is 25.9. The van der Waals surface area contributed by atoms with Crippen LogP contribution in [0.5, 0.6) is 0 Å². The van der Waals surface area contributed by atoms with Crippen molar-refractivity contribution < 1.29 is 31.1 Å². The van der Waals surface area contributed by atoms with E-state index in [1.807, 2.05) is 4.57 Å². The number of hydrogen-bond acceptors (Lipinski definition) is 8. The van der Waals surface area contributed by atoms with Crippen LogP contribution in [0.4, 0.5) is 19.1 Å². The SMILES string of the molecule is CCOC(=O)c1cnc(N2CCn3c(nc4ccc(S(C)(=O)=O)cc43)C2C)nc1C(F)(F)F. The second-order valence-corrected chi connectivity index (χ2v) is 9.58. The Labute approximate surface area is 187 Å². The van der Waals surface area contributed by atoms with E-state index in [9.17, 15) is 26.4 Å². The number of rotatable bonds is 4. The fourth-order valence-corrected chi connectivity index (χ4v) is 4.45. The predicted molar refractivity (Wildman–Crippen MR) is 112 cm³/mol. The number of fused-ring (bicyclic) bond motifs is 3. The van der Waals surface area contributed by atoms with Crippen molar-refractivity contribution in [3.05, 3.63) is 41.5 Å². The number of imidazole rings is 1. The van der Waals surface area contributed by atoms with Gasteiger partial charge in [0.25, 0.3) is 0 Å². The first-order valence-corrected chi connectivity index (χ1v) is 11.9. The smallest absolute Gasteiger partial charge is 0.434 e. The van der Waals surface area contributed by atoms with Crippen molar-refractivity contribution in [2.45, 2.75) is 37.5 Å². The van der Waals surface area contributed by atoms with Crippen LogP contribution in [0.3, 0.4) is 0 Å². The summed E-state index contributed by atoms with van der Waals surface area (Å²) in [5.41, 5.74) is -0.928. The molecule has 1 aromatic carbocycles. The standard InChI is InChI=1S/C20H20F3N5O4S/c1-4-32-18(29)13-10-24-19(26-16(13)20(21,22)23)27-7-8-28-15-9-12(33(3,30)31)5-6-14(15)25-17(28)11(27)2/h5-6,9-11H,4,7-8H2,1-3H3. The molecule has 3 heterocycles. The molecule has 1 aliphatic heterocycles. The molecule has 1 atom stereocenters. The average molecular weight is 483 g/mol. The lowest BCUT2D eigenvalue weighted by Crippen LogP contribution is -2.38. The Kier molecular flexibility index (Phi) is 5.55. The number of carbonyl (C=O) groups is 1. The first-order chi connectivity index (χ1) is 15.4. The van der Waals surface area contributed by atoms with Gasteiger partial charge in [0, 0.05) is 25.5 Å². The molecule has 0 N–H and O–H groups in total. The molecule has 0 saturated heterocycles. The Morgan fingerprint density at radius 2 is 1.97 bits per heavy atom. The molecule has 176 valence electrons. The Bertz CT molecular complexity index is 1350. The number of halogens is 3. The molecule has 0 aliphatic carbocycles. The number of alkyl halides is 3. The highest BCUT2D eigenvalue weighted by molar-refractivity contribution is 7.90. The summed E-state index contributed by atoms with van der Waals surface area (Å²) >= 11 is 0. The lowest BCUT2D eigenvalue weighted by atomic mass is 10.2. The Morgan fingerprint density at radius 1 is 1.24 bits per heavy atom. The number of esters is 1. The summed E-state index contributed by atoms with van der Waals surface area (Å²) in [5.74, 6) is -0.807. The van der Waals surface area contributed by atoms with Crippen LogP contribution in [0, 0.1) is 0 Å². The van der Waals surface area contributed by atoms with Gasteiger partial charge in [0.1, 0.15) is 11.4 Å².